The Hall–Kier alpha value is -2.40. The highest BCUT2D eigenvalue weighted by Gasteiger charge is 2.56. The number of furan rings is 1. The minimum absolute atomic E-state index is 0.109. The molecule has 0 bridgehead atoms. The third-order valence-corrected chi connectivity index (χ3v) is 6.01. The molecule has 2 N–H and O–H groups in total. The van der Waals surface area contributed by atoms with Gasteiger partial charge in [0, 0.05) is 24.4 Å². The van der Waals surface area contributed by atoms with Crippen molar-refractivity contribution in [2.24, 2.45) is 11.8 Å². The first kappa shape index (κ1) is 18.0. The van der Waals surface area contributed by atoms with Gasteiger partial charge in [-0.2, -0.15) is 0 Å². The Morgan fingerprint density at radius 1 is 1.22 bits per heavy atom. The molecule has 5 nitrogen and oxygen atoms in total. The van der Waals surface area contributed by atoms with E-state index in [2.05, 4.69) is 5.32 Å². The Labute approximate surface area is 158 Å². The number of amides is 1. The van der Waals surface area contributed by atoms with Crippen LogP contribution in [0.3, 0.4) is 0 Å². The number of benzene rings is 1. The van der Waals surface area contributed by atoms with E-state index in [9.17, 15) is 14.7 Å². The Morgan fingerprint density at radius 2 is 1.89 bits per heavy atom. The lowest BCUT2D eigenvalue weighted by Crippen LogP contribution is -2.30. The van der Waals surface area contributed by atoms with Crippen LogP contribution in [-0.4, -0.2) is 28.9 Å². The monoisotopic (exact) mass is 367 g/mol. The van der Waals surface area contributed by atoms with Crippen LogP contribution >= 0.6 is 0 Å². The lowest BCUT2D eigenvalue weighted by molar-refractivity contribution is 0.0931. The predicted molar refractivity (Wildman–Crippen MR) is 101 cm³/mol. The predicted octanol–water partition coefficient (Wildman–Crippen LogP) is 3.52. The maximum absolute atomic E-state index is 12.9. The van der Waals surface area contributed by atoms with Gasteiger partial charge >= 0.3 is 0 Å². The van der Waals surface area contributed by atoms with Crippen molar-refractivity contribution < 1.29 is 19.1 Å². The molecular weight excluding hydrogens is 342 g/mol. The summed E-state index contributed by atoms with van der Waals surface area (Å²) in [6.45, 7) is 3.76. The molecule has 1 aromatic carbocycles. The van der Waals surface area contributed by atoms with Gasteiger partial charge in [-0.1, -0.05) is 44.2 Å². The lowest BCUT2D eigenvalue weighted by atomic mass is 9.96. The molecule has 1 amide bonds. The van der Waals surface area contributed by atoms with Crippen molar-refractivity contribution >= 4 is 11.7 Å². The van der Waals surface area contributed by atoms with E-state index in [1.165, 1.54) is 0 Å². The highest BCUT2D eigenvalue weighted by molar-refractivity contribution is 6.00. The summed E-state index contributed by atoms with van der Waals surface area (Å²) >= 11 is 0. The second kappa shape index (κ2) is 6.97. The number of rotatable bonds is 6. The summed E-state index contributed by atoms with van der Waals surface area (Å²) in [6, 6.07) is 11.5. The standard InChI is InChI=1S/C22H25NO4/c1-3-18(25)19-11-17(21(27-19)12(2)13-7-5-4-6-8-13)22(26)23-20-15-9-14(24)10-16(15)20/h4-8,11-12,14-16,20,24H,3,9-10H2,1-2H3,(H,23,26)/t12-,14?,15-,16+,20?/m0/s1. The fourth-order valence-corrected chi connectivity index (χ4v) is 4.36. The molecule has 2 aliphatic carbocycles. The fourth-order valence-electron chi connectivity index (χ4n) is 4.36. The van der Waals surface area contributed by atoms with Gasteiger partial charge in [0.1, 0.15) is 5.76 Å². The van der Waals surface area contributed by atoms with Crippen LogP contribution in [0.25, 0.3) is 0 Å². The Kier molecular flexibility index (Phi) is 4.64. The molecule has 1 aromatic heterocycles. The summed E-state index contributed by atoms with van der Waals surface area (Å²) in [5.41, 5.74) is 1.47. The van der Waals surface area contributed by atoms with Crippen LogP contribution in [0.4, 0.5) is 0 Å². The number of fused-ring (bicyclic) bond motifs is 1. The zero-order valence-corrected chi connectivity index (χ0v) is 15.6. The van der Waals surface area contributed by atoms with E-state index in [1.54, 1.807) is 13.0 Å². The van der Waals surface area contributed by atoms with Crippen molar-refractivity contribution in [2.45, 2.75) is 51.2 Å². The zero-order valence-electron chi connectivity index (χ0n) is 15.6. The topological polar surface area (TPSA) is 79.5 Å². The molecule has 4 rings (SSSR count). The summed E-state index contributed by atoms with van der Waals surface area (Å²) in [4.78, 5) is 25.1. The largest absolute Gasteiger partial charge is 0.456 e. The third kappa shape index (κ3) is 3.32. The first-order valence-electron chi connectivity index (χ1n) is 9.70. The number of carbonyl (C=O) groups excluding carboxylic acids is 2. The van der Waals surface area contributed by atoms with Gasteiger partial charge in [0.15, 0.2) is 11.5 Å². The number of hydrogen-bond donors (Lipinski definition) is 2. The third-order valence-electron chi connectivity index (χ3n) is 6.01. The molecule has 2 aromatic rings. The number of Topliss-reactive ketones (excluding diaryl/α,β-unsaturated/α-hetero) is 1. The van der Waals surface area contributed by atoms with Gasteiger partial charge in [-0.25, -0.2) is 0 Å². The van der Waals surface area contributed by atoms with Crippen LogP contribution in [-0.2, 0) is 0 Å². The number of hydrogen-bond acceptors (Lipinski definition) is 4. The van der Waals surface area contributed by atoms with E-state index in [-0.39, 0.29) is 35.5 Å². The first-order chi connectivity index (χ1) is 13.0. The number of nitrogens with one attached hydrogen (secondary N) is 1. The molecule has 2 saturated carbocycles. The van der Waals surface area contributed by atoms with Gasteiger partial charge in [0.2, 0.25) is 0 Å². The molecule has 2 aliphatic rings. The van der Waals surface area contributed by atoms with E-state index in [4.69, 9.17) is 4.42 Å². The molecule has 142 valence electrons. The van der Waals surface area contributed by atoms with Crippen molar-refractivity contribution in [3.63, 3.8) is 0 Å². The molecule has 2 unspecified atom stereocenters. The average Bonchev–Trinajstić information content (AvgIpc) is 3.07. The Morgan fingerprint density at radius 3 is 2.52 bits per heavy atom. The van der Waals surface area contributed by atoms with Crippen LogP contribution in [0.5, 0.6) is 0 Å². The van der Waals surface area contributed by atoms with Crippen LogP contribution in [0.2, 0.25) is 0 Å². The van der Waals surface area contributed by atoms with E-state index in [0.29, 0.717) is 29.6 Å². The second-order valence-electron chi connectivity index (χ2n) is 7.75. The highest BCUT2D eigenvalue weighted by Crippen LogP contribution is 2.52. The number of aliphatic hydroxyl groups excluding tert-OH is 1. The molecule has 2 fully saturated rings. The molecule has 0 spiro atoms. The lowest BCUT2D eigenvalue weighted by Gasteiger charge is -2.13. The van der Waals surface area contributed by atoms with Crippen molar-refractivity contribution in [3.8, 4) is 0 Å². The fraction of sp³-hybridized carbons (Fsp3) is 0.455. The summed E-state index contributed by atoms with van der Waals surface area (Å²) < 4.78 is 5.87. The molecule has 0 radical (unpaired) electrons. The normalized spacial score (nSPS) is 27.1. The van der Waals surface area contributed by atoms with Crippen molar-refractivity contribution in [1.82, 2.24) is 5.32 Å². The SMILES string of the molecule is CCC(=O)c1cc(C(=O)NC2[C@H]3CC(O)C[C@@H]23)c([C@@H](C)c2ccccc2)o1. The molecular formula is C22H25NO4. The van der Waals surface area contributed by atoms with Gasteiger partial charge in [-0.15, -0.1) is 0 Å². The number of ketones is 1. The second-order valence-corrected chi connectivity index (χ2v) is 7.75. The van der Waals surface area contributed by atoms with E-state index in [1.807, 2.05) is 37.3 Å². The Bertz CT molecular complexity index is 844. The average molecular weight is 367 g/mol. The van der Waals surface area contributed by atoms with Crippen molar-refractivity contribution in [1.29, 1.82) is 0 Å². The van der Waals surface area contributed by atoms with E-state index < -0.39 is 0 Å². The maximum atomic E-state index is 12.9. The molecule has 0 aliphatic heterocycles. The summed E-state index contributed by atoms with van der Waals surface area (Å²) in [6.07, 6.45) is 1.62. The maximum Gasteiger partial charge on any atom is 0.255 e. The van der Waals surface area contributed by atoms with Gasteiger partial charge in [0.25, 0.3) is 5.91 Å². The zero-order chi connectivity index (χ0) is 19.1. The highest BCUT2D eigenvalue weighted by atomic mass is 16.3. The Balaban J connectivity index is 1.59. The van der Waals surface area contributed by atoms with Crippen LogP contribution in [0.1, 0.15) is 71.3 Å². The molecule has 5 heteroatoms. The van der Waals surface area contributed by atoms with Gasteiger partial charge in [-0.3, -0.25) is 9.59 Å². The molecule has 27 heavy (non-hydrogen) atoms. The molecule has 1 heterocycles. The first-order valence-corrected chi connectivity index (χ1v) is 9.70. The molecule has 0 saturated heterocycles. The van der Waals surface area contributed by atoms with E-state index >= 15 is 0 Å². The van der Waals surface area contributed by atoms with Gasteiger partial charge < -0.3 is 14.8 Å². The van der Waals surface area contributed by atoms with Crippen molar-refractivity contribution in [2.75, 3.05) is 0 Å². The van der Waals surface area contributed by atoms with Crippen molar-refractivity contribution in [3.05, 3.63) is 59.0 Å². The number of aliphatic hydroxyl groups is 1. The minimum atomic E-state index is -0.232. The van der Waals surface area contributed by atoms with Crippen LogP contribution < -0.4 is 5.32 Å². The van der Waals surface area contributed by atoms with Crippen LogP contribution in [0, 0.1) is 11.8 Å². The smallest absolute Gasteiger partial charge is 0.255 e. The van der Waals surface area contributed by atoms with Gasteiger partial charge in [-0.05, 0) is 30.2 Å². The summed E-state index contributed by atoms with van der Waals surface area (Å²) in [5.74, 6) is 1.09. The number of carbonyl (C=O) groups is 2. The quantitative estimate of drug-likeness (QED) is 0.766. The summed E-state index contributed by atoms with van der Waals surface area (Å²) in [7, 11) is 0. The minimum Gasteiger partial charge on any atom is -0.456 e. The summed E-state index contributed by atoms with van der Waals surface area (Å²) in [5, 5.41) is 12.8. The van der Waals surface area contributed by atoms with E-state index in [0.717, 1.165) is 18.4 Å². The van der Waals surface area contributed by atoms with Crippen LogP contribution in [0.15, 0.2) is 40.8 Å². The van der Waals surface area contributed by atoms with Gasteiger partial charge in [0.05, 0.1) is 11.7 Å². The molecule has 5 atom stereocenters.